The Labute approximate surface area is 312 Å². The molecule has 7 heteroatoms. The second-order valence-electron chi connectivity index (χ2n) is 12.3. The van der Waals surface area contributed by atoms with Crippen LogP contribution in [0.2, 0.25) is 0 Å². The molecule has 0 spiro atoms. The highest BCUT2D eigenvalue weighted by Gasteiger charge is 2.23. The summed E-state index contributed by atoms with van der Waals surface area (Å²) in [7, 11) is 0. The van der Waals surface area contributed by atoms with E-state index in [2.05, 4.69) is 41.4 Å². The molecule has 7 nitrogen and oxygen atoms in total. The molecule has 5 aromatic rings. The maximum Gasteiger partial charge on any atom is 0.196 e. The smallest absolute Gasteiger partial charge is 0.196 e. The number of aliphatic imine (C=N–C) groups is 2. The molecule has 0 saturated carbocycles. The zero-order chi connectivity index (χ0) is 37.4. The highest BCUT2D eigenvalue weighted by atomic mass is 16.5. The molecule has 5 aromatic carbocycles. The number of carbonyl (C=O) groups excluding carboxylic acids is 2. The molecule has 7 rings (SSSR count). The van der Waals surface area contributed by atoms with Crippen LogP contribution in [0, 0.1) is 6.92 Å². The average Bonchev–Trinajstić information content (AvgIpc) is 3.67. The number of benzene rings is 5. The minimum Gasteiger partial charge on any atom is -0.464 e. The van der Waals surface area contributed by atoms with Crippen molar-refractivity contribution in [3.8, 4) is 5.75 Å². The average molecular weight is 703 g/mol. The fourth-order valence-corrected chi connectivity index (χ4v) is 5.79. The van der Waals surface area contributed by atoms with Crippen LogP contribution in [0.25, 0.3) is 0 Å². The molecule has 1 aliphatic carbocycles. The van der Waals surface area contributed by atoms with Crippen LogP contribution in [0.5, 0.6) is 5.75 Å². The number of amidine groups is 1. The van der Waals surface area contributed by atoms with E-state index in [4.69, 9.17) is 9.73 Å². The summed E-state index contributed by atoms with van der Waals surface area (Å²) in [4.78, 5) is 33.3. The Balaban J connectivity index is 0.000000534. The van der Waals surface area contributed by atoms with Crippen molar-refractivity contribution >= 4 is 30.3 Å². The third-order valence-corrected chi connectivity index (χ3v) is 8.70. The summed E-state index contributed by atoms with van der Waals surface area (Å²) in [5.41, 5.74) is 8.20. The molecule has 2 atom stereocenters. The number of nitrogens with one attached hydrogen (secondary N) is 2. The third kappa shape index (κ3) is 10.4. The van der Waals surface area contributed by atoms with Gasteiger partial charge in [-0.05, 0) is 49.8 Å². The number of rotatable bonds is 10. The Hall–Kier alpha value is -6.18. The van der Waals surface area contributed by atoms with Crippen LogP contribution < -0.4 is 15.4 Å². The Morgan fingerprint density at radius 3 is 2.02 bits per heavy atom. The van der Waals surface area contributed by atoms with Crippen molar-refractivity contribution in [2.75, 3.05) is 11.9 Å². The molecule has 2 N–H and O–H groups in total. The first kappa shape index (κ1) is 38.1. The van der Waals surface area contributed by atoms with E-state index in [9.17, 15) is 9.59 Å². The van der Waals surface area contributed by atoms with Crippen molar-refractivity contribution in [1.82, 2.24) is 5.32 Å². The number of allylic oxidation sites excluding steroid dienone is 3. The van der Waals surface area contributed by atoms with Crippen molar-refractivity contribution < 1.29 is 14.3 Å². The van der Waals surface area contributed by atoms with E-state index in [1.165, 1.54) is 11.1 Å². The lowest BCUT2D eigenvalue weighted by atomic mass is 9.99. The van der Waals surface area contributed by atoms with Gasteiger partial charge in [0, 0.05) is 28.8 Å². The number of anilines is 1. The van der Waals surface area contributed by atoms with Crippen LogP contribution in [0.3, 0.4) is 0 Å². The number of aryl methyl sites for hydroxylation is 1. The lowest BCUT2D eigenvalue weighted by molar-refractivity contribution is -0.105. The van der Waals surface area contributed by atoms with Crippen LogP contribution in [0.1, 0.15) is 77.3 Å². The number of hydrogen-bond donors (Lipinski definition) is 2. The van der Waals surface area contributed by atoms with E-state index < -0.39 is 6.17 Å². The number of carbonyl (C=O) groups is 2. The number of aldehydes is 1. The van der Waals surface area contributed by atoms with Crippen LogP contribution in [0.4, 0.5) is 5.69 Å². The molecule has 0 saturated heterocycles. The minimum absolute atomic E-state index is 0.0433. The van der Waals surface area contributed by atoms with Crippen molar-refractivity contribution in [2.24, 2.45) is 9.98 Å². The van der Waals surface area contributed by atoms with Crippen LogP contribution in [0.15, 0.2) is 167 Å². The van der Waals surface area contributed by atoms with E-state index in [-0.39, 0.29) is 12.0 Å². The lowest BCUT2D eigenvalue weighted by Gasteiger charge is -2.20. The van der Waals surface area contributed by atoms with Crippen molar-refractivity contribution in [3.05, 3.63) is 190 Å². The summed E-state index contributed by atoms with van der Waals surface area (Å²) in [6.45, 7) is 10.5. The monoisotopic (exact) mass is 702 g/mol. The zero-order valence-corrected chi connectivity index (χ0v) is 30.5. The molecule has 0 radical (unpaired) electrons. The number of fused-ring (bicyclic) bond motifs is 1. The largest absolute Gasteiger partial charge is 0.464 e. The quantitative estimate of drug-likeness (QED) is 0.0654. The number of ketones is 1. The van der Waals surface area contributed by atoms with Gasteiger partial charge in [-0.1, -0.05) is 158 Å². The van der Waals surface area contributed by atoms with Gasteiger partial charge >= 0.3 is 0 Å². The van der Waals surface area contributed by atoms with Crippen LogP contribution in [-0.2, 0) is 4.79 Å². The number of ether oxygens (including phenoxy) is 1. The molecule has 0 amide bonds. The SMILES string of the molecule is C=N/C(=N\C(NCC1=CC=C(C=O)CC1)c1ccc(C2Nc3ccccc3O2)cc1)c1ccc(C(=O)c2ccccc2)cc1.CC.Cc1ccccc1. The summed E-state index contributed by atoms with van der Waals surface area (Å²) in [6, 6.07) is 42.8. The van der Waals surface area contributed by atoms with Gasteiger partial charge < -0.3 is 10.1 Å². The van der Waals surface area contributed by atoms with E-state index in [1.54, 1.807) is 24.3 Å². The van der Waals surface area contributed by atoms with Gasteiger partial charge in [-0.15, -0.1) is 0 Å². The zero-order valence-electron chi connectivity index (χ0n) is 30.5. The second kappa shape index (κ2) is 19.4. The van der Waals surface area contributed by atoms with Gasteiger partial charge in [-0.25, -0.2) is 9.98 Å². The van der Waals surface area contributed by atoms with E-state index in [0.717, 1.165) is 52.8 Å². The molecule has 0 fully saturated rings. The van der Waals surface area contributed by atoms with Gasteiger partial charge in [0.2, 0.25) is 0 Å². The Bertz CT molecular complexity index is 2030. The molecule has 2 unspecified atom stereocenters. The molecule has 1 heterocycles. The topological polar surface area (TPSA) is 92.2 Å². The van der Waals surface area contributed by atoms with Crippen molar-refractivity contribution in [2.45, 2.75) is 46.0 Å². The van der Waals surface area contributed by atoms with Gasteiger partial charge in [0.15, 0.2) is 17.8 Å². The summed E-state index contributed by atoms with van der Waals surface area (Å²) in [5, 5.41) is 6.98. The Morgan fingerprint density at radius 1 is 0.811 bits per heavy atom. The molecule has 0 aromatic heterocycles. The van der Waals surface area contributed by atoms with Crippen molar-refractivity contribution in [3.63, 3.8) is 0 Å². The fraction of sp³-hybridized carbons (Fsp3) is 0.174. The minimum atomic E-state index is -0.429. The predicted octanol–water partition coefficient (Wildman–Crippen LogP) is 10.0. The molecule has 268 valence electrons. The first-order chi connectivity index (χ1) is 26.0. The predicted molar refractivity (Wildman–Crippen MR) is 217 cm³/mol. The van der Waals surface area contributed by atoms with Gasteiger partial charge in [0.25, 0.3) is 0 Å². The maximum absolute atomic E-state index is 12.9. The third-order valence-electron chi connectivity index (χ3n) is 8.70. The molecule has 2 aliphatic rings. The van der Waals surface area contributed by atoms with Gasteiger partial charge in [0.05, 0.1) is 5.69 Å². The molecular formula is C46H46N4O3. The summed E-state index contributed by atoms with van der Waals surface area (Å²) in [6.07, 6.45) is 5.62. The van der Waals surface area contributed by atoms with Crippen LogP contribution >= 0.6 is 0 Å². The molecule has 53 heavy (non-hydrogen) atoms. The lowest BCUT2D eigenvalue weighted by Crippen LogP contribution is -2.24. The first-order valence-corrected chi connectivity index (χ1v) is 18.0. The fourth-order valence-electron chi connectivity index (χ4n) is 5.79. The molecular weight excluding hydrogens is 657 g/mol. The number of hydrogen-bond acceptors (Lipinski definition) is 6. The summed E-state index contributed by atoms with van der Waals surface area (Å²) in [5.74, 6) is 1.25. The Kier molecular flexibility index (Phi) is 14.0. The summed E-state index contributed by atoms with van der Waals surface area (Å²) >= 11 is 0. The highest BCUT2D eigenvalue weighted by Crippen LogP contribution is 2.37. The van der Waals surface area contributed by atoms with Gasteiger partial charge in [-0.3, -0.25) is 14.9 Å². The normalized spacial score (nSPS) is 14.9. The standard InChI is InChI=1S/C37H32N4O3.C7H8.C2H6/c1-38-35(29-17-15-28(16-18-29)34(43)27-7-3-2-4-8-27)41-36(39-23-25-11-13-26(24-42)14-12-25)30-19-21-31(22-20-30)37-40-32-9-5-6-10-33(32)44-37;1-7-5-3-2-4-6-7;1-2/h2-11,13,15-22,24,36-37,39-40H,1,12,14,23H2;2-6H,1H3;1-2H3/b41-35-;;. The first-order valence-electron chi connectivity index (χ1n) is 18.0. The van der Waals surface area contributed by atoms with E-state index in [1.807, 2.05) is 123 Å². The highest BCUT2D eigenvalue weighted by molar-refractivity contribution is 6.09. The van der Waals surface area contributed by atoms with Gasteiger partial charge in [0.1, 0.15) is 18.2 Å². The number of para-hydroxylation sites is 2. The van der Waals surface area contributed by atoms with Crippen molar-refractivity contribution in [1.29, 1.82) is 0 Å². The maximum atomic E-state index is 12.9. The van der Waals surface area contributed by atoms with Gasteiger partial charge in [-0.2, -0.15) is 0 Å². The second-order valence-corrected chi connectivity index (χ2v) is 12.3. The molecule has 1 aliphatic heterocycles. The van der Waals surface area contributed by atoms with E-state index >= 15 is 0 Å². The number of nitrogens with zero attached hydrogens (tertiary/aromatic N) is 2. The Morgan fingerprint density at radius 2 is 1.43 bits per heavy atom. The van der Waals surface area contributed by atoms with Crippen LogP contribution in [-0.4, -0.2) is 31.2 Å². The molecule has 0 bridgehead atoms. The summed E-state index contributed by atoms with van der Waals surface area (Å²) < 4.78 is 6.09. The van der Waals surface area contributed by atoms with E-state index in [0.29, 0.717) is 23.5 Å².